The Labute approximate surface area is 160 Å². The average Bonchev–Trinajstić information content (AvgIpc) is 3.48. The van der Waals surface area contributed by atoms with Crippen molar-refractivity contribution in [3.05, 3.63) is 46.0 Å². The van der Waals surface area contributed by atoms with Crippen LogP contribution >= 0.6 is 0 Å². The molecule has 7 nitrogen and oxygen atoms in total. The summed E-state index contributed by atoms with van der Waals surface area (Å²) < 4.78 is 25.1. The number of Topliss-reactive ketones (excluding diaryl/α,β-unsaturated/α-hetero) is 1. The number of aromatic nitrogens is 1. The monoisotopic (exact) mass is 389 g/mol. The van der Waals surface area contributed by atoms with Crippen molar-refractivity contribution in [3.63, 3.8) is 0 Å². The van der Waals surface area contributed by atoms with Crippen LogP contribution in [0, 0.1) is 11.7 Å². The third kappa shape index (κ3) is 3.67. The maximum Gasteiger partial charge on any atom is 0.328 e. The van der Waals surface area contributed by atoms with Crippen molar-refractivity contribution in [2.24, 2.45) is 5.92 Å². The fourth-order valence-electron chi connectivity index (χ4n) is 3.07. The quantitative estimate of drug-likeness (QED) is 0.410. The van der Waals surface area contributed by atoms with Gasteiger partial charge < -0.3 is 14.0 Å². The number of halogens is 1. The number of hydrogen-bond acceptors (Lipinski definition) is 6. The highest BCUT2D eigenvalue weighted by molar-refractivity contribution is 6.21. The summed E-state index contributed by atoms with van der Waals surface area (Å²) in [5.41, 5.74) is -0.611. The summed E-state index contributed by atoms with van der Waals surface area (Å²) >= 11 is 0. The lowest BCUT2D eigenvalue weighted by Gasteiger charge is -2.16. The van der Waals surface area contributed by atoms with Crippen LogP contribution in [0.5, 0.6) is 0 Å². The van der Waals surface area contributed by atoms with Crippen LogP contribution in [0.15, 0.2) is 29.2 Å². The van der Waals surface area contributed by atoms with E-state index < -0.39 is 34.9 Å². The molecule has 1 aromatic heterocycles. The summed E-state index contributed by atoms with van der Waals surface area (Å²) in [4.78, 5) is 50.3. The predicted molar refractivity (Wildman–Crippen MR) is 97.5 cm³/mol. The lowest BCUT2D eigenvalue weighted by Crippen LogP contribution is -2.37. The molecule has 1 aliphatic carbocycles. The highest BCUT2D eigenvalue weighted by atomic mass is 19.1. The van der Waals surface area contributed by atoms with Gasteiger partial charge in [0, 0.05) is 17.6 Å². The van der Waals surface area contributed by atoms with Gasteiger partial charge in [0.25, 0.3) is 0 Å². The van der Waals surface area contributed by atoms with Crippen LogP contribution in [-0.2, 0) is 19.1 Å². The van der Waals surface area contributed by atoms with Crippen molar-refractivity contribution < 1.29 is 28.2 Å². The van der Waals surface area contributed by atoms with E-state index in [2.05, 4.69) is 0 Å². The van der Waals surface area contributed by atoms with Crippen LogP contribution in [0.1, 0.15) is 43.1 Å². The first kappa shape index (κ1) is 19.7. The van der Waals surface area contributed by atoms with Crippen molar-refractivity contribution in [1.82, 2.24) is 4.57 Å². The van der Waals surface area contributed by atoms with Crippen molar-refractivity contribution >= 4 is 28.6 Å². The molecule has 0 amide bonds. The molecule has 1 saturated carbocycles. The van der Waals surface area contributed by atoms with Crippen LogP contribution in [-0.4, -0.2) is 35.5 Å². The number of ether oxygens (including phenoxy) is 2. The van der Waals surface area contributed by atoms with Crippen molar-refractivity contribution in [2.75, 3.05) is 13.2 Å². The molecule has 0 saturated heterocycles. The number of carbonyl (C=O) groups is 3. The van der Waals surface area contributed by atoms with E-state index >= 15 is 0 Å². The molecule has 0 radical (unpaired) electrons. The number of benzene rings is 1. The summed E-state index contributed by atoms with van der Waals surface area (Å²) in [5.74, 6) is -5.69. The van der Waals surface area contributed by atoms with E-state index in [1.807, 2.05) is 0 Å². The first-order valence-corrected chi connectivity index (χ1v) is 9.10. The van der Waals surface area contributed by atoms with E-state index in [1.165, 1.54) is 32.2 Å². The zero-order valence-corrected chi connectivity index (χ0v) is 15.6. The van der Waals surface area contributed by atoms with Gasteiger partial charge in [-0.25, -0.2) is 4.39 Å². The highest BCUT2D eigenvalue weighted by Gasteiger charge is 2.39. The van der Waals surface area contributed by atoms with Gasteiger partial charge in [-0.15, -0.1) is 0 Å². The molecule has 1 aromatic carbocycles. The molecule has 0 unspecified atom stereocenters. The second-order valence-corrected chi connectivity index (χ2v) is 6.47. The molecule has 1 heterocycles. The summed E-state index contributed by atoms with van der Waals surface area (Å²) in [7, 11) is 0. The minimum atomic E-state index is -1.90. The second-order valence-electron chi connectivity index (χ2n) is 6.47. The van der Waals surface area contributed by atoms with Crippen molar-refractivity contribution in [1.29, 1.82) is 0 Å². The van der Waals surface area contributed by atoms with Gasteiger partial charge in [0.1, 0.15) is 5.82 Å². The topological polar surface area (TPSA) is 91.7 Å². The number of carbonyl (C=O) groups excluding carboxylic acids is 3. The predicted octanol–water partition coefficient (Wildman–Crippen LogP) is 2.40. The van der Waals surface area contributed by atoms with Gasteiger partial charge in [0.2, 0.25) is 5.92 Å². The lowest BCUT2D eigenvalue weighted by molar-refractivity contribution is -0.158. The number of hydrogen-bond donors (Lipinski definition) is 0. The Morgan fingerprint density at radius 2 is 1.75 bits per heavy atom. The Balaban J connectivity index is 2.16. The third-order valence-electron chi connectivity index (χ3n) is 4.51. The standard InChI is InChI=1S/C20H20FNO6/c1-3-27-19(25)16(20(26)28-4-2)18(24)14-10-22(12-6-7-12)15-8-5-11(21)9-13(15)17(14)23/h5,8-10,12,16H,3-4,6-7H2,1-2H3. The van der Waals surface area contributed by atoms with Crippen LogP contribution in [0.2, 0.25) is 0 Å². The molecular weight excluding hydrogens is 369 g/mol. The molecule has 0 bridgehead atoms. The molecule has 28 heavy (non-hydrogen) atoms. The van der Waals surface area contributed by atoms with E-state index in [9.17, 15) is 23.6 Å². The number of pyridine rings is 1. The van der Waals surface area contributed by atoms with Crippen LogP contribution in [0.4, 0.5) is 4.39 Å². The molecule has 0 N–H and O–H groups in total. The van der Waals surface area contributed by atoms with Gasteiger partial charge in [-0.1, -0.05) is 0 Å². The minimum absolute atomic E-state index is 0.0178. The van der Waals surface area contributed by atoms with Gasteiger partial charge in [0.05, 0.1) is 24.3 Å². The molecule has 1 fully saturated rings. The molecule has 3 rings (SSSR count). The fourth-order valence-corrected chi connectivity index (χ4v) is 3.07. The van der Waals surface area contributed by atoms with Gasteiger partial charge in [-0.3, -0.25) is 19.2 Å². The second kappa shape index (κ2) is 7.92. The van der Waals surface area contributed by atoms with Crippen molar-refractivity contribution in [2.45, 2.75) is 32.7 Å². The Bertz CT molecular complexity index is 990. The Morgan fingerprint density at radius 3 is 2.29 bits per heavy atom. The SMILES string of the molecule is CCOC(=O)C(C(=O)OCC)C(=O)c1cn(C2CC2)c2ccc(F)cc2c1=O. The van der Waals surface area contributed by atoms with Crippen LogP contribution in [0.25, 0.3) is 10.9 Å². The number of ketones is 1. The normalized spacial score (nSPS) is 13.6. The number of esters is 2. The van der Waals surface area contributed by atoms with E-state index in [4.69, 9.17) is 9.47 Å². The van der Waals surface area contributed by atoms with E-state index in [1.54, 1.807) is 4.57 Å². The molecule has 0 aliphatic heterocycles. The average molecular weight is 389 g/mol. The lowest BCUT2D eigenvalue weighted by atomic mass is 9.97. The van der Waals surface area contributed by atoms with E-state index in [-0.39, 0.29) is 30.2 Å². The zero-order chi connectivity index (χ0) is 20.4. The van der Waals surface area contributed by atoms with Gasteiger partial charge in [-0.05, 0) is 44.9 Å². The molecule has 2 aromatic rings. The summed E-state index contributed by atoms with van der Waals surface area (Å²) in [6, 6.07) is 3.84. The Hall–Kier alpha value is -3.03. The molecular formula is C20H20FNO6. The molecule has 0 spiro atoms. The maximum atomic E-state index is 13.7. The van der Waals surface area contributed by atoms with Crippen LogP contribution in [0.3, 0.4) is 0 Å². The van der Waals surface area contributed by atoms with E-state index in [0.29, 0.717) is 5.52 Å². The first-order chi connectivity index (χ1) is 13.4. The maximum absolute atomic E-state index is 13.7. The fraction of sp³-hybridized carbons (Fsp3) is 0.400. The summed E-state index contributed by atoms with van der Waals surface area (Å²) in [6.45, 7) is 2.97. The molecule has 8 heteroatoms. The Morgan fingerprint density at radius 1 is 1.14 bits per heavy atom. The van der Waals surface area contributed by atoms with Gasteiger partial charge in [0.15, 0.2) is 11.2 Å². The number of rotatable bonds is 7. The number of fused-ring (bicyclic) bond motifs is 1. The molecule has 1 aliphatic rings. The minimum Gasteiger partial charge on any atom is -0.465 e. The highest BCUT2D eigenvalue weighted by Crippen LogP contribution is 2.37. The Kier molecular flexibility index (Phi) is 5.58. The number of nitrogens with zero attached hydrogens (tertiary/aromatic N) is 1. The smallest absolute Gasteiger partial charge is 0.328 e. The van der Waals surface area contributed by atoms with Gasteiger partial charge in [-0.2, -0.15) is 0 Å². The largest absolute Gasteiger partial charge is 0.465 e. The molecule has 148 valence electrons. The summed E-state index contributed by atoms with van der Waals surface area (Å²) in [5, 5.41) is 0.0178. The van der Waals surface area contributed by atoms with Crippen molar-refractivity contribution in [3.8, 4) is 0 Å². The van der Waals surface area contributed by atoms with E-state index in [0.717, 1.165) is 18.9 Å². The van der Waals surface area contributed by atoms with Crippen LogP contribution < -0.4 is 5.43 Å². The molecule has 0 atom stereocenters. The van der Waals surface area contributed by atoms with Gasteiger partial charge >= 0.3 is 11.9 Å². The first-order valence-electron chi connectivity index (χ1n) is 9.10. The third-order valence-corrected chi connectivity index (χ3v) is 4.51. The summed E-state index contributed by atoms with van der Waals surface area (Å²) in [6.07, 6.45) is 3.04. The zero-order valence-electron chi connectivity index (χ0n) is 15.6.